The van der Waals surface area contributed by atoms with Gasteiger partial charge < -0.3 is 36.0 Å². The van der Waals surface area contributed by atoms with Crippen LogP contribution in [0, 0.1) is 24.7 Å². The number of aliphatic hydroxyl groups excluding tert-OH is 4. The molecule has 12 nitrogen and oxygen atoms in total. The monoisotopic (exact) mass is 703 g/mol. The second-order valence-electron chi connectivity index (χ2n) is 13.0. The number of ketones is 4. The Kier molecular flexibility index (Phi) is 13.6. The molecule has 1 aliphatic carbocycles. The van der Waals surface area contributed by atoms with Crippen molar-refractivity contribution in [2.75, 3.05) is 0 Å². The second-order valence-corrected chi connectivity index (χ2v) is 13.0. The van der Waals surface area contributed by atoms with E-state index >= 15 is 0 Å². The molecule has 4 bridgehead atoms. The van der Waals surface area contributed by atoms with Gasteiger partial charge in [-0.05, 0) is 38.3 Å². The van der Waals surface area contributed by atoms with Crippen LogP contribution in [-0.4, -0.2) is 78.0 Å². The van der Waals surface area contributed by atoms with Gasteiger partial charge >= 0.3 is 0 Å². The van der Waals surface area contributed by atoms with E-state index in [-0.39, 0.29) is 29.8 Å². The van der Waals surface area contributed by atoms with E-state index in [0.29, 0.717) is 5.57 Å². The highest BCUT2D eigenvalue weighted by Gasteiger charge is 2.41. The molecule has 1 aromatic rings. The van der Waals surface area contributed by atoms with Crippen molar-refractivity contribution in [3.05, 3.63) is 99.9 Å². The average Bonchev–Trinajstić information content (AvgIpc) is 3.09. The number of phenolic OH excluding ortho intramolecular Hbond substituents is 2. The van der Waals surface area contributed by atoms with Gasteiger partial charge in [0.2, 0.25) is 11.7 Å². The Balaban J connectivity index is 2.11. The Morgan fingerprint density at radius 1 is 0.667 bits per heavy atom. The van der Waals surface area contributed by atoms with Crippen LogP contribution in [0.4, 0.5) is 0 Å². The highest BCUT2D eigenvalue weighted by atomic mass is 16.3. The predicted octanol–water partition coefficient (Wildman–Crippen LogP) is 4.17. The van der Waals surface area contributed by atoms with Gasteiger partial charge in [-0.15, -0.1) is 0 Å². The van der Waals surface area contributed by atoms with E-state index in [1.807, 2.05) is 0 Å². The van der Waals surface area contributed by atoms with Gasteiger partial charge in [-0.25, -0.2) is 0 Å². The van der Waals surface area contributed by atoms with Crippen molar-refractivity contribution in [2.45, 2.75) is 72.7 Å². The molecule has 1 aromatic carbocycles. The number of aliphatic hydroxyl groups is 4. The maximum absolute atomic E-state index is 13.8. The summed E-state index contributed by atoms with van der Waals surface area (Å²) in [5.41, 5.74) is -2.79. The van der Waals surface area contributed by atoms with Gasteiger partial charge in [-0.1, -0.05) is 75.5 Å². The summed E-state index contributed by atoms with van der Waals surface area (Å²) in [6.07, 6.45) is 11.5. The number of carbonyl (C=O) groups excluding carboxylic acids is 5. The summed E-state index contributed by atoms with van der Waals surface area (Å²) in [4.78, 5) is 65.7. The first kappa shape index (κ1) is 40.3. The molecule has 2 heterocycles. The van der Waals surface area contributed by atoms with Gasteiger partial charge in [0.25, 0.3) is 5.78 Å². The first-order chi connectivity index (χ1) is 23.9. The molecule has 0 saturated heterocycles. The number of Topliss-reactive ketones (excluding diaryl/α,β-unsaturated/α-hetero) is 4. The first-order valence-corrected chi connectivity index (χ1v) is 16.5. The molecule has 0 fully saturated rings. The van der Waals surface area contributed by atoms with Gasteiger partial charge in [0.1, 0.15) is 17.2 Å². The average molecular weight is 704 g/mol. The van der Waals surface area contributed by atoms with Gasteiger partial charge in [0, 0.05) is 35.8 Å². The fourth-order valence-electron chi connectivity index (χ4n) is 5.60. The largest absolute Gasteiger partial charge is 0.507 e. The maximum atomic E-state index is 13.8. The van der Waals surface area contributed by atoms with Gasteiger partial charge in [0.05, 0.1) is 35.0 Å². The highest BCUT2D eigenvalue weighted by Crippen LogP contribution is 2.44. The number of hydrogen-bond acceptors (Lipinski definition) is 11. The molecule has 1 amide bonds. The van der Waals surface area contributed by atoms with Crippen molar-refractivity contribution >= 4 is 34.8 Å². The van der Waals surface area contributed by atoms with Crippen LogP contribution in [0.1, 0.15) is 79.3 Å². The number of benzene rings is 1. The van der Waals surface area contributed by atoms with E-state index in [1.165, 1.54) is 44.2 Å². The molecule has 0 saturated carbocycles. The van der Waals surface area contributed by atoms with Crippen molar-refractivity contribution in [3.8, 4) is 11.5 Å². The number of fused-ring (bicyclic) bond motifs is 18. The standard InChI is InChI=1S/C39H45NO11/c1-19-11-9-7-8-10-12-28(44)40-32-37(49)31-29(38(50)39(32)51)30(35(47)24(6)36(31)48)34(46)23(5)17-22(4)33(45)21(3)14-16-25(41)15-13-20(2)27(43)18-26(19)42/h7-14,16-17,19,21-22,25-26,33,41-42,45,47-49H,15,18H2,1-6H3,(H,40,44)/b8-7+,11-9-,12-10-,16-14+,20-13+,23-17+/t19-,21-,22-,25+,26-,33-/m0/s1. The third-order valence-corrected chi connectivity index (χ3v) is 8.98. The molecule has 7 N–H and O–H groups in total. The molecule has 0 aromatic heterocycles. The van der Waals surface area contributed by atoms with E-state index in [4.69, 9.17) is 0 Å². The summed E-state index contributed by atoms with van der Waals surface area (Å²) in [5.74, 6) is -9.09. The normalized spacial score (nSPS) is 31.0. The van der Waals surface area contributed by atoms with Crippen LogP contribution >= 0.6 is 0 Å². The minimum Gasteiger partial charge on any atom is -0.507 e. The molecular formula is C39H45NO11. The van der Waals surface area contributed by atoms with Crippen LogP contribution < -0.4 is 5.32 Å². The Morgan fingerprint density at radius 3 is 1.96 bits per heavy atom. The first-order valence-electron chi connectivity index (χ1n) is 16.5. The molecule has 0 spiro atoms. The second kappa shape index (κ2) is 17.2. The lowest BCUT2D eigenvalue weighted by Crippen LogP contribution is -2.35. The summed E-state index contributed by atoms with van der Waals surface area (Å²) in [6, 6.07) is 0. The molecule has 6 atom stereocenters. The number of hydrogen-bond donors (Lipinski definition) is 7. The lowest BCUT2D eigenvalue weighted by atomic mass is 9.82. The van der Waals surface area contributed by atoms with Crippen molar-refractivity contribution in [3.63, 3.8) is 0 Å². The van der Waals surface area contributed by atoms with Crippen molar-refractivity contribution < 1.29 is 54.6 Å². The number of aromatic hydroxyl groups is 2. The third kappa shape index (κ3) is 9.34. The third-order valence-electron chi connectivity index (χ3n) is 8.98. The summed E-state index contributed by atoms with van der Waals surface area (Å²) in [6.45, 7) is 9.21. The zero-order chi connectivity index (χ0) is 38.3. The lowest BCUT2D eigenvalue weighted by Gasteiger charge is -2.24. The molecular weight excluding hydrogens is 658 g/mol. The SMILES string of the molecule is C/C1=C\C[C@@H](O)/C=C/[C@H](C)[C@H](O)[C@@H](C)/C=C(\C)C(=O)c2c(O)c(C)c(O)c3c2C(=O)C(=O)C(=C3O)NC(=O)\C=C/C=C/C=C\[C@H](C)[C@@H](O)CC1=O. The lowest BCUT2D eigenvalue weighted by molar-refractivity contribution is -0.118. The van der Waals surface area contributed by atoms with Crippen molar-refractivity contribution in [1.82, 2.24) is 5.32 Å². The molecule has 2 aliphatic heterocycles. The number of nitrogens with one attached hydrogen (secondary N) is 1. The van der Waals surface area contributed by atoms with Gasteiger partial charge in [-0.3, -0.25) is 24.0 Å². The maximum Gasteiger partial charge on any atom is 0.253 e. The van der Waals surface area contributed by atoms with Crippen LogP contribution in [0.3, 0.4) is 0 Å². The zero-order valence-electron chi connectivity index (χ0n) is 29.4. The molecule has 0 unspecified atom stereocenters. The molecule has 0 radical (unpaired) electrons. The van der Waals surface area contributed by atoms with Gasteiger partial charge in [0.15, 0.2) is 17.3 Å². The fourth-order valence-corrected chi connectivity index (χ4v) is 5.60. The fraction of sp³-hybridized carbons (Fsp3) is 0.359. The van der Waals surface area contributed by atoms with E-state index in [1.54, 1.807) is 52.0 Å². The number of rotatable bonds is 0. The molecule has 272 valence electrons. The molecule has 12 heteroatoms. The van der Waals surface area contributed by atoms with E-state index in [2.05, 4.69) is 5.32 Å². The quantitative estimate of drug-likeness (QED) is 0.150. The topological polar surface area (TPSA) is 219 Å². The number of carbonyl (C=O) groups is 5. The van der Waals surface area contributed by atoms with Crippen LogP contribution in [0.25, 0.3) is 5.76 Å². The summed E-state index contributed by atoms with van der Waals surface area (Å²) < 4.78 is 0. The van der Waals surface area contributed by atoms with Gasteiger partial charge in [-0.2, -0.15) is 0 Å². The predicted molar refractivity (Wildman–Crippen MR) is 190 cm³/mol. The number of allylic oxidation sites excluding steroid dienone is 7. The summed E-state index contributed by atoms with van der Waals surface area (Å²) in [7, 11) is 0. The van der Waals surface area contributed by atoms with Crippen LogP contribution in [0.5, 0.6) is 11.5 Å². The Morgan fingerprint density at radius 2 is 1.29 bits per heavy atom. The van der Waals surface area contributed by atoms with Crippen molar-refractivity contribution in [1.29, 1.82) is 0 Å². The Labute approximate surface area is 296 Å². The van der Waals surface area contributed by atoms with E-state index in [0.717, 1.165) is 6.08 Å². The van der Waals surface area contributed by atoms with Crippen LogP contribution in [0.2, 0.25) is 0 Å². The van der Waals surface area contributed by atoms with E-state index in [9.17, 15) is 54.6 Å². The molecule has 51 heavy (non-hydrogen) atoms. The molecule has 3 aliphatic rings. The van der Waals surface area contributed by atoms with Crippen molar-refractivity contribution in [2.24, 2.45) is 17.8 Å². The minimum atomic E-state index is -1.40. The Hall–Kier alpha value is -5.17. The minimum absolute atomic E-state index is 0.0371. The zero-order valence-corrected chi connectivity index (χ0v) is 29.4. The number of amides is 1. The van der Waals surface area contributed by atoms with Crippen LogP contribution in [0.15, 0.2) is 77.6 Å². The van der Waals surface area contributed by atoms with E-state index < -0.39 is 99.0 Å². The number of phenols is 2. The summed E-state index contributed by atoms with van der Waals surface area (Å²) in [5, 5.41) is 67.0. The summed E-state index contributed by atoms with van der Waals surface area (Å²) >= 11 is 0. The molecule has 4 rings (SSSR count). The Bertz CT molecular complexity index is 1820. The smallest absolute Gasteiger partial charge is 0.253 e. The highest BCUT2D eigenvalue weighted by molar-refractivity contribution is 6.53. The van der Waals surface area contributed by atoms with Crippen LogP contribution in [-0.2, 0) is 14.4 Å².